The fourth-order valence-corrected chi connectivity index (χ4v) is 4.80. The smallest absolute Gasteiger partial charge is 0.107 e. The van der Waals surface area contributed by atoms with Gasteiger partial charge in [0.25, 0.3) is 0 Å². The van der Waals surface area contributed by atoms with Gasteiger partial charge < -0.3 is 5.32 Å². The maximum atomic E-state index is 4.87. The van der Waals surface area contributed by atoms with E-state index in [1.54, 1.807) is 0 Å². The molecule has 3 atom stereocenters. The Kier molecular flexibility index (Phi) is 3.91. The lowest BCUT2D eigenvalue weighted by atomic mass is 9.93. The van der Waals surface area contributed by atoms with E-state index in [1.165, 1.54) is 36.8 Å². The second kappa shape index (κ2) is 5.39. The molecule has 112 valence electrons. The monoisotopic (exact) mass is 293 g/mol. The third kappa shape index (κ3) is 2.66. The Morgan fingerprint density at radius 2 is 2.20 bits per heavy atom. The number of hydrogen-bond acceptors (Lipinski definition) is 4. The van der Waals surface area contributed by atoms with Crippen molar-refractivity contribution in [3.05, 3.63) is 16.1 Å². The number of thiazole rings is 1. The van der Waals surface area contributed by atoms with E-state index >= 15 is 0 Å². The maximum absolute atomic E-state index is 4.87. The van der Waals surface area contributed by atoms with Crippen molar-refractivity contribution >= 4 is 11.3 Å². The maximum Gasteiger partial charge on any atom is 0.107 e. The summed E-state index contributed by atoms with van der Waals surface area (Å²) in [5.74, 6) is 1.73. The normalized spacial score (nSPS) is 30.9. The summed E-state index contributed by atoms with van der Waals surface area (Å²) in [5, 5.41) is 7.09. The average Bonchev–Trinajstić information content (AvgIpc) is 3.02. The molecule has 0 amide bonds. The molecule has 0 saturated carbocycles. The first kappa shape index (κ1) is 14.5. The molecular weight excluding hydrogens is 266 g/mol. The molecule has 3 rings (SSSR count). The minimum Gasteiger partial charge on any atom is -0.316 e. The van der Waals surface area contributed by atoms with Gasteiger partial charge in [-0.3, -0.25) is 4.90 Å². The van der Waals surface area contributed by atoms with Gasteiger partial charge in [-0.1, -0.05) is 27.7 Å². The van der Waals surface area contributed by atoms with Gasteiger partial charge in [0.05, 0.1) is 12.2 Å². The number of hydrogen-bond donors (Lipinski definition) is 1. The lowest BCUT2D eigenvalue weighted by Gasteiger charge is -2.25. The summed E-state index contributed by atoms with van der Waals surface area (Å²) in [6, 6.07) is 0.747. The van der Waals surface area contributed by atoms with Crippen molar-refractivity contribution in [2.45, 2.75) is 52.1 Å². The van der Waals surface area contributed by atoms with Crippen molar-refractivity contribution in [2.24, 2.45) is 11.8 Å². The fourth-order valence-electron chi connectivity index (χ4n) is 3.76. The van der Waals surface area contributed by atoms with E-state index in [0.29, 0.717) is 0 Å². The van der Waals surface area contributed by atoms with Crippen LogP contribution in [0.3, 0.4) is 0 Å². The van der Waals surface area contributed by atoms with E-state index in [2.05, 4.69) is 43.3 Å². The van der Waals surface area contributed by atoms with E-state index in [0.717, 1.165) is 24.4 Å². The van der Waals surface area contributed by atoms with Crippen molar-refractivity contribution in [1.82, 2.24) is 15.2 Å². The van der Waals surface area contributed by atoms with Crippen LogP contribution in [0, 0.1) is 11.8 Å². The quantitative estimate of drug-likeness (QED) is 0.929. The largest absolute Gasteiger partial charge is 0.316 e. The third-order valence-corrected chi connectivity index (χ3v) is 5.73. The first-order valence-corrected chi connectivity index (χ1v) is 8.76. The molecule has 0 spiro atoms. The lowest BCUT2D eigenvalue weighted by molar-refractivity contribution is 0.210. The highest BCUT2D eigenvalue weighted by Gasteiger charge is 2.43. The summed E-state index contributed by atoms with van der Waals surface area (Å²) in [6.45, 7) is 13.8. The minimum absolute atomic E-state index is 0.171. The van der Waals surface area contributed by atoms with E-state index in [4.69, 9.17) is 4.98 Å². The Morgan fingerprint density at radius 3 is 2.85 bits per heavy atom. The minimum atomic E-state index is 0.171. The first-order valence-electron chi connectivity index (χ1n) is 7.88. The molecule has 0 radical (unpaired) electrons. The van der Waals surface area contributed by atoms with Crippen molar-refractivity contribution < 1.29 is 0 Å². The van der Waals surface area contributed by atoms with Crippen LogP contribution in [0.2, 0.25) is 0 Å². The SMILES string of the molecule is CCC1C2CNCC2CN1Cc1nc(C(C)(C)C)cs1. The predicted molar refractivity (Wildman–Crippen MR) is 85.2 cm³/mol. The Balaban J connectivity index is 1.70. The van der Waals surface area contributed by atoms with Crippen LogP contribution in [0.4, 0.5) is 0 Å². The number of nitrogens with one attached hydrogen (secondary N) is 1. The molecule has 2 fully saturated rings. The molecule has 2 aliphatic heterocycles. The van der Waals surface area contributed by atoms with Crippen LogP contribution in [0.5, 0.6) is 0 Å². The molecule has 0 aliphatic carbocycles. The fraction of sp³-hybridized carbons (Fsp3) is 0.812. The zero-order valence-electron chi connectivity index (χ0n) is 13.1. The number of fused-ring (bicyclic) bond motifs is 1. The summed E-state index contributed by atoms with van der Waals surface area (Å²) in [6.07, 6.45) is 1.26. The molecule has 20 heavy (non-hydrogen) atoms. The molecule has 4 heteroatoms. The molecule has 3 nitrogen and oxygen atoms in total. The summed E-state index contributed by atoms with van der Waals surface area (Å²) < 4.78 is 0. The second-order valence-corrected chi connectivity index (χ2v) is 8.31. The standard InChI is InChI=1S/C16H27N3S/c1-5-13-12-7-17-6-11(12)8-19(13)9-15-18-14(10-20-15)16(2,3)4/h10-13,17H,5-9H2,1-4H3. The molecule has 3 unspecified atom stereocenters. The highest BCUT2D eigenvalue weighted by Crippen LogP contribution is 2.35. The molecule has 1 aromatic rings. The zero-order chi connectivity index (χ0) is 14.3. The predicted octanol–water partition coefficient (Wildman–Crippen LogP) is 2.87. The van der Waals surface area contributed by atoms with Crippen LogP contribution in [-0.4, -0.2) is 35.6 Å². The highest BCUT2D eigenvalue weighted by atomic mass is 32.1. The van der Waals surface area contributed by atoms with Crippen LogP contribution in [0.25, 0.3) is 0 Å². The van der Waals surface area contributed by atoms with Gasteiger partial charge in [0.1, 0.15) is 5.01 Å². The molecule has 1 aromatic heterocycles. The number of nitrogens with zero attached hydrogens (tertiary/aromatic N) is 2. The Bertz CT molecular complexity index is 463. The van der Waals surface area contributed by atoms with Crippen LogP contribution < -0.4 is 5.32 Å². The number of aromatic nitrogens is 1. The van der Waals surface area contributed by atoms with Crippen LogP contribution in [0.1, 0.15) is 44.8 Å². The van der Waals surface area contributed by atoms with Gasteiger partial charge >= 0.3 is 0 Å². The van der Waals surface area contributed by atoms with Crippen molar-refractivity contribution in [2.75, 3.05) is 19.6 Å². The van der Waals surface area contributed by atoms with Gasteiger partial charge in [-0.15, -0.1) is 11.3 Å². The lowest BCUT2D eigenvalue weighted by Crippen LogP contribution is -2.34. The average molecular weight is 293 g/mol. The van der Waals surface area contributed by atoms with Crippen LogP contribution in [-0.2, 0) is 12.0 Å². The van der Waals surface area contributed by atoms with Gasteiger partial charge in [-0.05, 0) is 31.3 Å². The number of rotatable bonds is 3. The molecule has 2 saturated heterocycles. The van der Waals surface area contributed by atoms with Gasteiger partial charge in [0.15, 0.2) is 0 Å². The van der Waals surface area contributed by atoms with E-state index in [9.17, 15) is 0 Å². The van der Waals surface area contributed by atoms with E-state index < -0.39 is 0 Å². The van der Waals surface area contributed by atoms with Crippen LogP contribution in [0.15, 0.2) is 5.38 Å². The summed E-state index contributed by atoms with van der Waals surface area (Å²) >= 11 is 1.84. The summed E-state index contributed by atoms with van der Waals surface area (Å²) in [7, 11) is 0. The molecule has 2 aliphatic rings. The zero-order valence-corrected chi connectivity index (χ0v) is 14.0. The van der Waals surface area contributed by atoms with Crippen LogP contribution >= 0.6 is 11.3 Å². The number of likely N-dealkylation sites (tertiary alicyclic amines) is 1. The highest BCUT2D eigenvalue weighted by molar-refractivity contribution is 7.09. The van der Waals surface area contributed by atoms with E-state index in [1.807, 2.05) is 11.3 Å². The van der Waals surface area contributed by atoms with Crippen molar-refractivity contribution in [3.63, 3.8) is 0 Å². The summed E-state index contributed by atoms with van der Waals surface area (Å²) in [5.41, 5.74) is 1.41. The van der Waals surface area contributed by atoms with E-state index in [-0.39, 0.29) is 5.41 Å². The second-order valence-electron chi connectivity index (χ2n) is 7.36. The first-order chi connectivity index (χ1) is 9.49. The van der Waals surface area contributed by atoms with Gasteiger partial charge in [-0.25, -0.2) is 4.98 Å². The molecule has 0 aromatic carbocycles. The summed E-state index contributed by atoms with van der Waals surface area (Å²) in [4.78, 5) is 7.55. The molecule has 1 N–H and O–H groups in total. The van der Waals surface area contributed by atoms with Gasteiger partial charge in [0.2, 0.25) is 0 Å². The van der Waals surface area contributed by atoms with Gasteiger partial charge in [-0.2, -0.15) is 0 Å². The van der Waals surface area contributed by atoms with Crippen molar-refractivity contribution in [3.8, 4) is 0 Å². The Hall–Kier alpha value is -0.450. The molecule has 0 bridgehead atoms. The molecule has 3 heterocycles. The van der Waals surface area contributed by atoms with Crippen molar-refractivity contribution in [1.29, 1.82) is 0 Å². The third-order valence-electron chi connectivity index (χ3n) is 4.90. The Labute approximate surface area is 126 Å². The molecular formula is C16H27N3S. The Morgan fingerprint density at radius 1 is 1.40 bits per heavy atom. The van der Waals surface area contributed by atoms with Gasteiger partial charge in [0, 0.05) is 23.4 Å². The topological polar surface area (TPSA) is 28.2 Å².